The molecule has 0 saturated carbocycles. The standard InChI is InChI=1S/C14H17BrN2O2/c1-18-9-8-16-7-6-14-17-10-13(19-14)11-2-4-12(15)5-3-11/h2-5,10,16H,6-9H2,1H3. The van der Waals surface area contributed by atoms with Crippen molar-refractivity contribution >= 4 is 15.9 Å². The molecule has 0 aliphatic heterocycles. The highest BCUT2D eigenvalue weighted by Gasteiger charge is 2.05. The van der Waals surface area contributed by atoms with E-state index in [0.717, 1.165) is 47.8 Å². The molecule has 0 unspecified atom stereocenters. The number of aromatic nitrogens is 1. The number of nitrogens with one attached hydrogen (secondary N) is 1. The minimum Gasteiger partial charge on any atom is -0.441 e. The summed E-state index contributed by atoms with van der Waals surface area (Å²) in [6.45, 7) is 2.40. The Balaban J connectivity index is 1.86. The summed E-state index contributed by atoms with van der Waals surface area (Å²) in [7, 11) is 1.69. The molecule has 4 nitrogen and oxygen atoms in total. The smallest absolute Gasteiger partial charge is 0.196 e. The van der Waals surface area contributed by atoms with Crippen molar-refractivity contribution in [3.63, 3.8) is 0 Å². The lowest BCUT2D eigenvalue weighted by Gasteiger charge is -2.01. The van der Waals surface area contributed by atoms with E-state index in [0.29, 0.717) is 0 Å². The van der Waals surface area contributed by atoms with Gasteiger partial charge in [-0.3, -0.25) is 0 Å². The van der Waals surface area contributed by atoms with Gasteiger partial charge in [-0.1, -0.05) is 28.1 Å². The van der Waals surface area contributed by atoms with Crippen molar-refractivity contribution in [1.82, 2.24) is 10.3 Å². The Labute approximate surface area is 121 Å². The van der Waals surface area contributed by atoms with Gasteiger partial charge in [-0.25, -0.2) is 4.98 Å². The van der Waals surface area contributed by atoms with Crippen LogP contribution in [0.5, 0.6) is 0 Å². The summed E-state index contributed by atoms with van der Waals surface area (Å²) in [5.41, 5.74) is 1.04. The second-order valence-electron chi connectivity index (χ2n) is 4.12. The largest absolute Gasteiger partial charge is 0.441 e. The lowest BCUT2D eigenvalue weighted by atomic mass is 10.2. The van der Waals surface area contributed by atoms with Crippen molar-refractivity contribution in [2.45, 2.75) is 6.42 Å². The van der Waals surface area contributed by atoms with Gasteiger partial charge in [0.2, 0.25) is 0 Å². The molecule has 2 rings (SSSR count). The minimum atomic E-state index is 0.718. The number of methoxy groups -OCH3 is 1. The van der Waals surface area contributed by atoms with Gasteiger partial charge >= 0.3 is 0 Å². The fourth-order valence-corrected chi connectivity index (χ4v) is 1.93. The first-order valence-electron chi connectivity index (χ1n) is 6.20. The third-order valence-electron chi connectivity index (χ3n) is 2.68. The van der Waals surface area contributed by atoms with E-state index < -0.39 is 0 Å². The maximum Gasteiger partial charge on any atom is 0.196 e. The first-order valence-corrected chi connectivity index (χ1v) is 6.99. The normalized spacial score (nSPS) is 10.8. The molecular formula is C14H17BrN2O2. The third-order valence-corrected chi connectivity index (χ3v) is 3.21. The van der Waals surface area contributed by atoms with Crippen molar-refractivity contribution in [1.29, 1.82) is 0 Å². The van der Waals surface area contributed by atoms with Gasteiger partial charge in [-0.2, -0.15) is 0 Å². The molecule has 2 aromatic rings. The SMILES string of the molecule is COCCNCCc1ncc(-c2ccc(Br)cc2)o1. The van der Waals surface area contributed by atoms with Crippen molar-refractivity contribution in [3.8, 4) is 11.3 Å². The number of hydrogen-bond donors (Lipinski definition) is 1. The van der Waals surface area contributed by atoms with Crippen LogP contribution < -0.4 is 5.32 Å². The van der Waals surface area contributed by atoms with E-state index in [1.165, 1.54) is 0 Å². The Hall–Kier alpha value is -1.17. The van der Waals surface area contributed by atoms with Crippen LogP contribution in [0.4, 0.5) is 0 Å². The molecule has 0 spiro atoms. The van der Waals surface area contributed by atoms with Crippen molar-refractivity contribution in [2.75, 3.05) is 26.8 Å². The Morgan fingerprint density at radius 1 is 1.26 bits per heavy atom. The second kappa shape index (κ2) is 7.43. The van der Waals surface area contributed by atoms with E-state index in [2.05, 4.69) is 26.2 Å². The topological polar surface area (TPSA) is 47.3 Å². The highest BCUT2D eigenvalue weighted by Crippen LogP contribution is 2.22. The average Bonchev–Trinajstić information content (AvgIpc) is 2.88. The number of benzene rings is 1. The molecule has 1 aromatic heterocycles. The van der Waals surface area contributed by atoms with Crippen LogP contribution in [0.2, 0.25) is 0 Å². The quantitative estimate of drug-likeness (QED) is 0.795. The van der Waals surface area contributed by atoms with Gasteiger partial charge < -0.3 is 14.5 Å². The maximum atomic E-state index is 5.72. The fourth-order valence-electron chi connectivity index (χ4n) is 1.67. The van der Waals surface area contributed by atoms with E-state index >= 15 is 0 Å². The summed E-state index contributed by atoms with van der Waals surface area (Å²) in [5, 5.41) is 3.26. The molecule has 1 heterocycles. The minimum absolute atomic E-state index is 0.718. The van der Waals surface area contributed by atoms with Crippen molar-refractivity contribution in [3.05, 3.63) is 40.8 Å². The first kappa shape index (κ1) is 14.2. The summed E-state index contributed by atoms with van der Waals surface area (Å²) >= 11 is 3.41. The van der Waals surface area contributed by atoms with Gasteiger partial charge in [-0.05, 0) is 12.1 Å². The molecule has 0 aliphatic rings. The van der Waals surface area contributed by atoms with Crippen LogP contribution in [0.3, 0.4) is 0 Å². The fraction of sp³-hybridized carbons (Fsp3) is 0.357. The Morgan fingerprint density at radius 3 is 2.79 bits per heavy atom. The van der Waals surface area contributed by atoms with Crippen LogP contribution >= 0.6 is 15.9 Å². The molecular weight excluding hydrogens is 308 g/mol. The van der Waals surface area contributed by atoms with Crippen LogP contribution in [0.15, 0.2) is 39.4 Å². The third kappa shape index (κ3) is 4.45. The summed E-state index contributed by atoms with van der Waals surface area (Å²) in [5.74, 6) is 1.56. The number of hydrogen-bond acceptors (Lipinski definition) is 4. The molecule has 0 bridgehead atoms. The Kier molecular flexibility index (Phi) is 5.57. The van der Waals surface area contributed by atoms with Crippen molar-refractivity contribution in [2.24, 2.45) is 0 Å². The molecule has 0 fully saturated rings. The first-order chi connectivity index (χ1) is 9.29. The lowest BCUT2D eigenvalue weighted by Crippen LogP contribution is -2.21. The number of halogens is 1. The van der Waals surface area contributed by atoms with Crippen molar-refractivity contribution < 1.29 is 9.15 Å². The van der Waals surface area contributed by atoms with E-state index in [1.807, 2.05) is 24.3 Å². The van der Waals surface area contributed by atoms with Crippen LogP contribution in [-0.2, 0) is 11.2 Å². The highest BCUT2D eigenvalue weighted by atomic mass is 79.9. The van der Waals surface area contributed by atoms with Gasteiger partial charge in [0.1, 0.15) is 0 Å². The van der Waals surface area contributed by atoms with Gasteiger partial charge in [0, 0.05) is 36.7 Å². The summed E-state index contributed by atoms with van der Waals surface area (Å²) in [6, 6.07) is 7.99. The second-order valence-corrected chi connectivity index (χ2v) is 5.03. The van der Waals surface area contributed by atoms with Crippen LogP contribution in [-0.4, -0.2) is 31.8 Å². The molecule has 5 heteroatoms. The van der Waals surface area contributed by atoms with Gasteiger partial charge in [0.15, 0.2) is 11.7 Å². The zero-order chi connectivity index (χ0) is 13.5. The molecule has 102 valence electrons. The monoisotopic (exact) mass is 324 g/mol. The number of oxazole rings is 1. The zero-order valence-electron chi connectivity index (χ0n) is 10.9. The van der Waals surface area contributed by atoms with E-state index in [1.54, 1.807) is 13.3 Å². The molecule has 1 N–H and O–H groups in total. The molecule has 0 amide bonds. The van der Waals surface area contributed by atoms with E-state index in [-0.39, 0.29) is 0 Å². The Bertz CT molecular complexity index is 496. The molecule has 1 aromatic carbocycles. The predicted octanol–water partition coefficient (Wildman–Crippen LogP) is 2.88. The van der Waals surface area contributed by atoms with Gasteiger partial charge in [0.25, 0.3) is 0 Å². The molecule has 0 atom stereocenters. The highest BCUT2D eigenvalue weighted by molar-refractivity contribution is 9.10. The van der Waals surface area contributed by atoms with Gasteiger partial charge in [0.05, 0.1) is 12.8 Å². The molecule has 0 aliphatic carbocycles. The number of rotatable bonds is 7. The molecule has 19 heavy (non-hydrogen) atoms. The predicted molar refractivity (Wildman–Crippen MR) is 78.1 cm³/mol. The van der Waals surface area contributed by atoms with E-state index in [9.17, 15) is 0 Å². The van der Waals surface area contributed by atoms with Gasteiger partial charge in [-0.15, -0.1) is 0 Å². The summed E-state index contributed by atoms with van der Waals surface area (Å²) in [6.07, 6.45) is 2.55. The zero-order valence-corrected chi connectivity index (χ0v) is 12.4. The summed E-state index contributed by atoms with van der Waals surface area (Å²) < 4.78 is 11.7. The lowest BCUT2D eigenvalue weighted by molar-refractivity contribution is 0.199. The molecule has 0 radical (unpaired) electrons. The van der Waals surface area contributed by atoms with Crippen LogP contribution in [0.1, 0.15) is 5.89 Å². The maximum absolute atomic E-state index is 5.72. The summed E-state index contributed by atoms with van der Waals surface area (Å²) in [4.78, 5) is 4.28. The van der Waals surface area contributed by atoms with Crippen LogP contribution in [0.25, 0.3) is 11.3 Å². The Morgan fingerprint density at radius 2 is 2.05 bits per heavy atom. The van der Waals surface area contributed by atoms with E-state index in [4.69, 9.17) is 9.15 Å². The average molecular weight is 325 g/mol. The number of ether oxygens (including phenoxy) is 1. The molecule has 0 saturated heterocycles. The van der Waals surface area contributed by atoms with Crippen LogP contribution in [0, 0.1) is 0 Å². The number of nitrogens with zero attached hydrogens (tertiary/aromatic N) is 1.